The number of carbonyl (C=O) groups is 14. The van der Waals surface area contributed by atoms with Gasteiger partial charge in [-0.2, -0.15) is 0 Å². The number of aliphatic carboxylic acids is 1. The van der Waals surface area contributed by atoms with Gasteiger partial charge in [-0.25, -0.2) is 0 Å². The fourth-order valence-corrected chi connectivity index (χ4v) is 7.02. The average molecular weight is 1450 g/mol. The third kappa shape index (κ3) is 34.2. The van der Waals surface area contributed by atoms with E-state index in [1.54, 1.807) is 0 Å². The van der Waals surface area contributed by atoms with Crippen molar-refractivity contribution in [1.82, 2.24) is 0 Å². The fraction of sp³-hybridized carbons (Fsp3) is 0.754. The lowest BCUT2D eigenvalue weighted by Crippen LogP contribution is -2.38. The molecule has 0 aromatic carbocycles. The van der Waals surface area contributed by atoms with Gasteiger partial charge in [0.05, 0.1) is 111 Å². The fourth-order valence-electron chi connectivity index (χ4n) is 7.02. The van der Waals surface area contributed by atoms with Crippen LogP contribution >= 0.6 is 0 Å². The van der Waals surface area contributed by atoms with Crippen molar-refractivity contribution in [3.63, 3.8) is 0 Å². The van der Waals surface area contributed by atoms with Crippen molar-refractivity contribution in [2.24, 2.45) is 82.9 Å². The zero-order valence-electron chi connectivity index (χ0n) is 53.4. The summed E-state index contributed by atoms with van der Waals surface area (Å²) in [6, 6.07) is 0. The van der Waals surface area contributed by atoms with Gasteiger partial charge in [0.1, 0.15) is 156 Å². The number of carbonyl (C=O) groups excluding carboxylic acids is 13. The summed E-state index contributed by atoms with van der Waals surface area (Å²) in [5, 5.41) is 153. The second-order valence-corrected chi connectivity index (χ2v) is 21.4. The summed E-state index contributed by atoms with van der Waals surface area (Å²) in [6.07, 6.45) is -0.723. The maximum Gasteiger partial charge on any atom is 0.315 e. The summed E-state index contributed by atoms with van der Waals surface area (Å²) in [4.78, 5) is 180. The van der Waals surface area contributed by atoms with E-state index in [9.17, 15) is 139 Å². The smallest absolute Gasteiger partial charge is 0.315 e. The Bertz CT molecular complexity index is 2460. The molecule has 0 aromatic rings. The van der Waals surface area contributed by atoms with Crippen LogP contribution in [0.25, 0.3) is 0 Å². The van der Waals surface area contributed by atoms with E-state index in [2.05, 4.69) is 0 Å². The molecule has 0 aliphatic rings. The molecule has 0 aromatic heterocycles. The Hall–Kier alpha value is -7.82. The van der Waals surface area contributed by atoms with Crippen LogP contribution in [0.15, 0.2) is 0 Å². The molecule has 0 rings (SSSR count). The molecule has 9 unspecified atom stereocenters. The third-order valence-corrected chi connectivity index (χ3v) is 14.0. The van der Waals surface area contributed by atoms with E-state index in [0.717, 1.165) is 0 Å². The highest BCUT2D eigenvalue weighted by Crippen LogP contribution is 2.18. The van der Waals surface area contributed by atoms with Crippen LogP contribution < -0.4 is 0 Å². The molecular weight excluding hydrogens is 1360 g/mol. The number of hydrogen-bond acceptors (Lipinski definition) is 41. The molecule has 42 nitrogen and oxygen atoms in total. The van der Waals surface area contributed by atoms with Crippen LogP contribution in [0.1, 0.15) is 12.8 Å². The van der Waals surface area contributed by atoms with E-state index < -0.39 is 351 Å². The van der Waals surface area contributed by atoms with Crippen LogP contribution in [-0.2, 0) is 124 Å². The molecule has 0 saturated heterocycles. The predicted molar refractivity (Wildman–Crippen MR) is 309 cm³/mol. The molecular formula is C57H88O42. The maximum absolute atomic E-state index is 14.0. The Morgan fingerprint density at radius 2 is 0.323 bits per heavy atom. The number of esters is 12. The molecule has 99 heavy (non-hydrogen) atoms. The largest absolute Gasteiger partial charge is 0.481 e. The molecule has 0 spiro atoms. The Morgan fingerprint density at radius 1 is 0.182 bits per heavy atom. The molecule has 0 aliphatic carbocycles. The summed E-state index contributed by atoms with van der Waals surface area (Å²) >= 11 is 0. The molecule has 568 valence electrons. The molecule has 16 N–H and O–H groups in total. The number of carboxylic acid groups (broad SMARTS) is 1. The molecule has 0 radical (unpaired) electrons. The van der Waals surface area contributed by atoms with Gasteiger partial charge < -0.3 is 139 Å². The number of Topliss-reactive ketones (excluding diaryl/α,β-unsaturated/α-hetero) is 1. The molecule has 0 aliphatic heterocycles. The molecule has 0 fully saturated rings. The highest BCUT2D eigenvalue weighted by molar-refractivity contribution is 5.83. The van der Waals surface area contributed by atoms with Crippen molar-refractivity contribution >= 4 is 83.4 Å². The van der Waals surface area contributed by atoms with Crippen LogP contribution in [0.5, 0.6) is 0 Å². The second kappa shape index (κ2) is 52.2. The van der Waals surface area contributed by atoms with E-state index in [0.29, 0.717) is 0 Å². The minimum absolute atomic E-state index is 0.328. The number of hydrogen-bond donors (Lipinski definition) is 16. The van der Waals surface area contributed by atoms with Gasteiger partial charge in [-0.3, -0.25) is 67.1 Å². The van der Waals surface area contributed by atoms with Crippen LogP contribution in [0.4, 0.5) is 0 Å². The van der Waals surface area contributed by atoms with Crippen molar-refractivity contribution in [1.29, 1.82) is 0 Å². The van der Waals surface area contributed by atoms with Gasteiger partial charge in [0.2, 0.25) is 0 Å². The molecule has 42 heteroatoms. The Balaban J connectivity index is 6.89. The SMILES string of the molecule is O=C(O)C(CO)COC(=O)C(COC(=O)C(CO)COC(=O)C(CO)COC(=O)C(CO)COC(=O)C(CO)CO)COC(=O)C(COC(=O)C(CO)COC(=O)C(CO)COC(=O)C(CO)CCC(=O)C(CO)CO)COC(=O)C(COC(=O)C(CO)CO)COC(=O)C(CO)CO. The molecule has 0 heterocycles. The summed E-state index contributed by atoms with van der Waals surface area (Å²) in [5.74, 6) is -42.6. The first-order valence-corrected chi connectivity index (χ1v) is 30.1. The number of aliphatic hydroxyl groups is 15. The summed E-state index contributed by atoms with van der Waals surface area (Å²) in [6.45, 7) is -27.7. The molecule has 0 bridgehead atoms. The highest BCUT2D eigenvalue weighted by atomic mass is 16.6. The standard InChI is InChI=1S/C57H88O42/c58-3-30(1-2-44(73)31(4-59)5-60)46(76)89-19-36(13-68)50(80)92-22-39(16-71)54(84)97-27-43(29-99-56(86)41(24-94-48(78)33(8-63)9-64)25-95-49(79)34(10-65)11-66)57(87)98-28-42(55(85)88-18-35(12-67)45(74)75)26-96-53(83)40(17-72)23-93-52(82)38(15-70)21-91-51(81)37(14-69)20-90-47(77)32(6-61)7-62/h30-43,58-72H,1-29H2,(H,74,75). The minimum Gasteiger partial charge on any atom is -0.481 e. The van der Waals surface area contributed by atoms with Crippen molar-refractivity contribution in [2.75, 3.05) is 178 Å². The molecule has 0 saturated carbocycles. The van der Waals surface area contributed by atoms with Crippen molar-refractivity contribution < 1.29 is 206 Å². The van der Waals surface area contributed by atoms with Gasteiger partial charge in [0.15, 0.2) is 0 Å². The number of rotatable bonds is 56. The summed E-state index contributed by atoms with van der Waals surface area (Å²) < 4.78 is 60.2. The van der Waals surface area contributed by atoms with Crippen LogP contribution in [0.2, 0.25) is 0 Å². The Morgan fingerprint density at radius 3 is 0.495 bits per heavy atom. The number of carboxylic acids is 1. The van der Waals surface area contributed by atoms with E-state index >= 15 is 0 Å². The van der Waals surface area contributed by atoms with Crippen molar-refractivity contribution in [3.8, 4) is 0 Å². The average Bonchev–Trinajstić information content (AvgIpc) is 0.983. The van der Waals surface area contributed by atoms with Crippen molar-refractivity contribution in [3.05, 3.63) is 0 Å². The van der Waals surface area contributed by atoms with Gasteiger partial charge in [0.25, 0.3) is 0 Å². The second-order valence-electron chi connectivity index (χ2n) is 21.4. The van der Waals surface area contributed by atoms with Crippen molar-refractivity contribution in [2.45, 2.75) is 12.8 Å². The first-order valence-electron chi connectivity index (χ1n) is 30.1. The third-order valence-electron chi connectivity index (χ3n) is 14.0. The monoisotopic (exact) mass is 1440 g/mol. The first kappa shape index (κ1) is 91.2. The lowest BCUT2D eigenvalue weighted by atomic mass is 9.96. The zero-order chi connectivity index (χ0) is 75.2. The predicted octanol–water partition coefficient (Wildman–Crippen LogP) is -11.6. The normalized spacial score (nSPS) is 14.1. The number of ether oxygens (including phenoxy) is 12. The summed E-state index contributed by atoms with van der Waals surface area (Å²) in [7, 11) is 0. The quantitative estimate of drug-likeness (QED) is 0.0199. The maximum atomic E-state index is 14.0. The number of ketones is 1. The first-order chi connectivity index (χ1) is 47.2. The van der Waals surface area contributed by atoms with E-state index in [4.69, 9.17) is 67.1 Å². The van der Waals surface area contributed by atoms with Crippen LogP contribution in [0.3, 0.4) is 0 Å². The van der Waals surface area contributed by atoms with Gasteiger partial charge in [0, 0.05) is 6.42 Å². The van der Waals surface area contributed by atoms with E-state index in [-0.39, 0.29) is 6.42 Å². The van der Waals surface area contributed by atoms with Crippen LogP contribution in [0, 0.1) is 82.9 Å². The lowest BCUT2D eigenvalue weighted by Gasteiger charge is -2.23. The summed E-state index contributed by atoms with van der Waals surface area (Å²) in [5.41, 5.74) is 0. The van der Waals surface area contributed by atoms with Gasteiger partial charge in [-0.1, -0.05) is 0 Å². The Kier molecular flexibility index (Phi) is 48.1. The van der Waals surface area contributed by atoms with E-state index in [1.165, 1.54) is 0 Å². The highest BCUT2D eigenvalue weighted by Gasteiger charge is 2.37. The zero-order valence-corrected chi connectivity index (χ0v) is 53.4. The van der Waals surface area contributed by atoms with E-state index in [1.807, 2.05) is 0 Å². The Labute approximate surface area is 562 Å². The van der Waals surface area contributed by atoms with Gasteiger partial charge >= 0.3 is 77.6 Å². The van der Waals surface area contributed by atoms with Crippen LogP contribution in [-0.4, -0.2) is 343 Å². The van der Waals surface area contributed by atoms with Gasteiger partial charge in [-0.05, 0) is 6.42 Å². The molecule has 0 amide bonds. The number of aliphatic hydroxyl groups excluding tert-OH is 15. The van der Waals surface area contributed by atoms with Gasteiger partial charge in [-0.15, -0.1) is 0 Å². The topological polar surface area (TPSA) is 673 Å². The molecule has 9 atom stereocenters. The minimum atomic E-state index is -2.12. The lowest BCUT2D eigenvalue weighted by molar-refractivity contribution is -0.170.